The number of rotatable bonds is 8. The molecule has 0 aromatic heterocycles. The number of hydrogen-bond acceptors (Lipinski definition) is 5. The molecule has 4 rings (SSSR count). The molecule has 1 aliphatic rings. The van der Waals surface area contributed by atoms with Gasteiger partial charge in [0.15, 0.2) is 5.69 Å². The maximum Gasteiger partial charge on any atom is 0.254 e. The van der Waals surface area contributed by atoms with Crippen LogP contribution in [0.4, 0.5) is 17.1 Å². The first-order chi connectivity index (χ1) is 19.6. The van der Waals surface area contributed by atoms with E-state index < -0.39 is 11.1 Å². The molecule has 0 fully saturated rings. The smallest absolute Gasteiger partial charge is 0.254 e. The standard InChI is InChI=1S/C33H38N4O4/c1-7-23-13-9-11-19(3)30(23)35-32(38)27-21(5)34-22(6)28(29(27)25-15-17-26(18-16-25)37(40)41)33(39)36-31-20(4)12-10-14-24(31)8-2/h9-18,29,34,37,40H,7-8H2,1-6H3,(H,35,38)(H,36,39). The Bertz CT molecular complexity index is 1450. The molecule has 0 bridgehead atoms. The van der Waals surface area contributed by atoms with Gasteiger partial charge in [0.1, 0.15) is 0 Å². The van der Waals surface area contributed by atoms with Gasteiger partial charge < -0.3 is 21.2 Å². The fourth-order valence-electron chi connectivity index (χ4n) is 5.51. The lowest BCUT2D eigenvalue weighted by Gasteiger charge is -2.32. The predicted molar refractivity (Wildman–Crippen MR) is 162 cm³/mol. The van der Waals surface area contributed by atoms with Gasteiger partial charge in [-0.25, -0.2) is 5.21 Å². The molecule has 5 N–H and O–H groups in total. The fourth-order valence-corrected chi connectivity index (χ4v) is 5.51. The number of carbonyl (C=O) groups is 2. The summed E-state index contributed by atoms with van der Waals surface area (Å²) in [5, 5.41) is 29.5. The average Bonchev–Trinajstić information content (AvgIpc) is 2.94. The highest BCUT2D eigenvalue weighted by Gasteiger charge is 2.37. The molecular weight excluding hydrogens is 516 g/mol. The number of carbonyl (C=O) groups excluding carboxylic acids is 2. The molecule has 3 aromatic carbocycles. The van der Waals surface area contributed by atoms with E-state index in [9.17, 15) is 20.0 Å². The number of allylic oxidation sites excluding steroid dienone is 2. The zero-order valence-electron chi connectivity index (χ0n) is 24.4. The third-order valence-electron chi connectivity index (χ3n) is 7.70. The Hall–Kier alpha value is -4.24. The Morgan fingerprint density at radius 2 is 1.22 bits per heavy atom. The van der Waals surface area contributed by atoms with Crippen LogP contribution in [0.5, 0.6) is 0 Å². The van der Waals surface area contributed by atoms with Crippen molar-refractivity contribution in [3.8, 4) is 0 Å². The maximum atomic E-state index is 14.1. The summed E-state index contributed by atoms with van der Waals surface area (Å²) in [4.78, 5) is 28.2. The van der Waals surface area contributed by atoms with E-state index in [-0.39, 0.29) is 17.5 Å². The number of quaternary nitrogens is 1. The zero-order valence-corrected chi connectivity index (χ0v) is 24.4. The van der Waals surface area contributed by atoms with Gasteiger partial charge in [-0.2, -0.15) is 5.23 Å². The van der Waals surface area contributed by atoms with Crippen molar-refractivity contribution in [1.82, 2.24) is 5.32 Å². The molecule has 8 heteroatoms. The predicted octanol–water partition coefficient (Wildman–Crippen LogP) is 5.34. The van der Waals surface area contributed by atoms with Crippen molar-refractivity contribution in [1.29, 1.82) is 0 Å². The van der Waals surface area contributed by atoms with Gasteiger partial charge in [0.2, 0.25) is 0 Å². The number of benzene rings is 3. The van der Waals surface area contributed by atoms with Crippen LogP contribution in [0.3, 0.4) is 0 Å². The van der Waals surface area contributed by atoms with Crippen LogP contribution < -0.4 is 21.2 Å². The molecule has 0 spiro atoms. The van der Waals surface area contributed by atoms with E-state index in [2.05, 4.69) is 16.0 Å². The van der Waals surface area contributed by atoms with E-state index in [4.69, 9.17) is 0 Å². The van der Waals surface area contributed by atoms with Crippen LogP contribution >= 0.6 is 0 Å². The first-order valence-corrected chi connectivity index (χ1v) is 13.9. The van der Waals surface area contributed by atoms with Crippen LogP contribution in [-0.2, 0) is 22.4 Å². The second kappa shape index (κ2) is 12.5. The van der Waals surface area contributed by atoms with Gasteiger partial charge in [-0.3, -0.25) is 9.59 Å². The summed E-state index contributed by atoms with van der Waals surface area (Å²) in [6.07, 6.45) is 1.49. The van der Waals surface area contributed by atoms with E-state index in [1.54, 1.807) is 12.1 Å². The number of aryl methyl sites for hydroxylation is 4. The van der Waals surface area contributed by atoms with Crippen LogP contribution in [0, 0.1) is 19.1 Å². The fraction of sp³-hybridized carbons (Fsp3) is 0.273. The second-order valence-electron chi connectivity index (χ2n) is 10.4. The number of amides is 2. The van der Waals surface area contributed by atoms with Crippen molar-refractivity contribution in [2.45, 2.75) is 60.3 Å². The Balaban J connectivity index is 1.82. The molecular formula is C33H38N4O4. The first-order valence-electron chi connectivity index (χ1n) is 13.9. The van der Waals surface area contributed by atoms with Gasteiger partial charge in [0, 0.05) is 52.0 Å². The Kier molecular flexibility index (Phi) is 9.08. The number of para-hydroxylation sites is 2. The van der Waals surface area contributed by atoms with Crippen LogP contribution in [-0.4, -0.2) is 17.0 Å². The molecule has 1 unspecified atom stereocenters. The quantitative estimate of drug-likeness (QED) is 0.241. The van der Waals surface area contributed by atoms with Crippen molar-refractivity contribution in [3.63, 3.8) is 0 Å². The molecule has 1 aliphatic heterocycles. The summed E-state index contributed by atoms with van der Waals surface area (Å²) in [7, 11) is 0. The third-order valence-corrected chi connectivity index (χ3v) is 7.70. The first kappa shape index (κ1) is 29.7. The number of hydrogen-bond donors (Lipinski definition) is 5. The highest BCUT2D eigenvalue weighted by molar-refractivity contribution is 6.12. The van der Waals surface area contributed by atoms with Gasteiger partial charge in [-0.1, -0.05) is 62.4 Å². The molecule has 0 radical (unpaired) electrons. The molecule has 0 saturated carbocycles. The zero-order chi connectivity index (χ0) is 29.8. The van der Waals surface area contributed by atoms with Crippen LogP contribution in [0.2, 0.25) is 0 Å². The lowest BCUT2D eigenvalue weighted by Crippen LogP contribution is -2.99. The summed E-state index contributed by atoms with van der Waals surface area (Å²) in [6.45, 7) is 11.6. The maximum absolute atomic E-state index is 14.1. The normalized spacial score (nSPS) is 14.5. The minimum atomic E-state index is -1.05. The van der Waals surface area contributed by atoms with E-state index in [0.29, 0.717) is 28.1 Å². The summed E-state index contributed by atoms with van der Waals surface area (Å²) >= 11 is 0. The summed E-state index contributed by atoms with van der Waals surface area (Å²) < 4.78 is 0. The Labute approximate surface area is 241 Å². The Morgan fingerprint density at radius 3 is 1.61 bits per heavy atom. The molecule has 3 aromatic rings. The van der Waals surface area contributed by atoms with E-state index in [1.807, 2.05) is 77.9 Å². The van der Waals surface area contributed by atoms with Gasteiger partial charge in [0.05, 0.1) is 0 Å². The van der Waals surface area contributed by atoms with E-state index in [1.165, 1.54) is 12.1 Å². The SMILES string of the molecule is CCc1cccc(C)c1NC(=O)C1=C(C)NC(C)=C(C(=O)Nc2c(C)cccc2CC)C1c1ccc([NH+]([O-])O)cc1. The lowest BCUT2D eigenvalue weighted by molar-refractivity contribution is -0.991. The van der Waals surface area contributed by atoms with Crippen molar-refractivity contribution < 1.29 is 20.0 Å². The minimum Gasteiger partial charge on any atom is -0.595 e. The van der Waals surface area contributed by atoms with Gasteiger partial charge in [0.25, 0.3) is 11.8 Å². The summed E-state index contributed by atoms with van der Waals surface area (Å²) in [6, 6.07) is 18.2. The molecule has 8 nitrogen and oxygen atoms in total. The van der Waals surface area contributed by atoms with Crippen LogP contribution in [0.25, 0.3) is 0 Å². The van der Waals surface area contributed by atoms with E-state index in [0.717, 1.165) is 46.5 Å². The topological polar surface area (TPSA) is 118 Å². The highest BCUT2D eigenvalue weighted by Crippen LogP contribution is 2.40. The molecule has 0 aliphatic carbocycles. The summed E-state index contributed by atoms with van der Waals surface area (Å²) in [5.41, 5.74) is 8.24. The molecule has 2 amide bonds. The van der Waals surface area contributed by atoms with Crippen molar-refractivity contribution >= 4 is 28.9 Å². The van der Waals surface area contributed by atoms with Gasteiger partial charge in [-0.15, -0.1) is 0 Å². The van der Waals surface area contributed by atoms with Gasteiger partial charge in [-0.05, 0) is 68.4 Å². The van der Waals surface area contributed by atoms with Crippen molar-refractivity contribution in [2.24, 2.45) is 0 Å². The average molecular weight is 555 g/mol. The second-order valence-corrected chi connectivity index (χ2v) is 10.4. The molecule has 1 atom stereocenters. The van der Waals surface area contributed by atoms with E-state index >= 15 is 0 Å². The molecule has 1 heterocycles. The Morgan fingerprint density at radius 1 is 0.780 bits per heavy atom. The summed E-state index contributed by atoms with van der Waals surface area (Å²) in [5.74, 6) is -1.38. The molecule has 41 heavy (non-hydrogen) atoms. The molecule has 0 saturated heterocycles. The van der Waals surface area contributed by atoms with Gasteiger partial charge >= 0.3 is 0 Å². The highest BCUT2D eigenvalue weighted by atomic mass is 16.8. The minimum absolute atomic E-state index is 0.126. The monoisotopic (exact) mass is 554 g/mol. The largest absolute Gasteiger partial charge is 0.595 e. The third kappa shape index (κ3) is 6.10. The van der Waals surface area contributed by atoms with Crippen LogP contribution in [0.1, 0.15) is 61.4 Å². The number of dihydropyridines is 1. The van der Waals surface area contributed by atoms with Crippen molar-refractivity contribution in [3.05, 3.63) is 116 Å². The number of anilines is 2. The van der Waals surface area contributed by atoms with Crippen LogP contribution in [0.15, 0.2) is 83.2 Å². The van der Waals surface area contributed by atoms with Crippen molar-refractivity contribution in [2.75, 3.05) is 10.6 Å². The lowest BCUT2D eigenvalue weighted by atomic mass is 9.79. The molecule has 214 valence electrons. The number of nitrogens with one attached hydrogen (secondary N) is 4.